The van der Waals surface area contributed by atoms with E-state index in [0.29, 0.717) is 10.9 Å². The largest absolute Gasteiger partial charge is 0.497 e. The van der Waals surface area contributed by atoms with Gasteiger partial charge in [0.1, 0.15) is 10.7 Å². The maximum atomic E-state index is 5.79. The molecule has 0 radical (unpaired) electrons. The summed E-state index contributed by atoms with van der Waals surface area (Å²) in [6.07, 6.45) is 2.67. The van der Waals surface area contributed by atoms with Crippen molar-refractivity contribution in [3.8, 4) is 5.75 Å². The number of nitrogens with two attached hydrogens (primary N) is 1. The van der Waals surface area contributed by atoms with Crippen LogP contribution in [0.2, 0.25) is 0 Å². The number of anilines is 1. The Labute approximate surface area is 132 Å². The normalized spacial score (nSPS) is 16.7. The first kappa shape index (κ1) is 16.0. The quantitative estimate of drug-likeness (QED) is 0.758. The second kappa shape index (κ2) is 7.61. The zero-order valence-electron chi connectivity index (χ0n) is 12.9. The van der Waals surface area contributed by atoms with Gasteiger partial charge < -0.3 is 20.7 Å². The van der Waals surface area contributed by atoms with Crippen LogP contribution in [-0.4, -0.2) is 43.2 Å². The van der Waals surface area contributed by atoms with Crippen molar-refractivity contribution in [2.75, 3.05) is 38.6 Å². The fraction of sp³-hybridized carbons (Fsp3) is 0.562. The third kappa shape index (κ3) is 4.58. The van der Waals surface area contributed by atoms with Crippen molar-refractivity contribution in [3.63, 3.8) is 0 Å². The lowest BCUT2D eigenvalue weighted by molar-refractivity contribution is 0.294. The molecule has 0 bridgehead atoms. The van der Waals surface area contributed by atoms with Gasteiger partial charge in [-0.3, -0.25) is 0 Å². The molecule has 0 amide bonds. The Hall–Kier alpha value is -1.33. The molecule has 2 rings (SSSR count). The zero-order chi connectivity index (χ0) is 15.2. The van der Waals surface area contributed by atoms with E-state index in [1.54, 1.807) is 7.11 Å². The Morgan fingerprint density at radius 2 is 2.14 bits per heavy atom. The van der Waals surface area contributed by atoms with E-state index in [4.69, 9.17) is 22.7 Å². The zero-order valence-corrected chi connectivity index (χ0v) is 13.7. The SMILES string of the molecule is COc1ccc(C(N)=S)c(NCC(C)CN2CCCC2)c1. The van der Waals surface area contributed by atoms with Crippen molar-refractivity contribution in [2.24, 2.45) is 11.7 Å². The van der Waals surface area contributed by atoms with Gasteiger partial charge in [-0.05, 0) is 44.0 Å². The maximum absolute atomic E-state index is 5.79. The van der Waals surface area contributed by atoms with Gasteiger partial charge in [0.05, 0.1) is 7.11 Å². The summed E-state index contributed by atoms with van der Waals surface area (Å²) in [4.78, 5) is 2.94. The predicted molar refractivity (Wildman–Crippen MR) is 92.2 cm³/mol. The van der Waals surface area contributed by atoms with Crippen LogP contribution in [0.4, 0.5) is 5.69 Å². The van der Waals surface area contributed by atoms with Crippen LogP contribution < -0.4 is 15.8 Å². The van der Waals surface area contributed by atoms with Crippen LogP contribution in [0.15, 0.2) is 18.2 Å². The monoisotopic (exact) mass is 307 g/mol. The molecule has 1 aliphatic rings. The molecule has 1 fully saturated rings. The first-order valence-electron chi connectivity index (χ1n) is 7.54. The Morgan fingerprint density at radius 3 is 2.76 bits per heavy atom. The summed E-state index contributed by atoms with van der Waals surface area (Å²) in [6.45, 7) is 6.79. The molecular weight excluding hydrogens is 282 g/mol. The Bertz CT molecular complexity index is 486. The lowest BCUT2D eigenvalue weighted by Crippen LogP contribution is -2.29. The molecule has 116 valence electrons. The van der Waals surface area contributed by atoms with E-state index in [0.717, 1.165) is 30.1 Å². The second-order valence-corrected chi connectivity index (χ2v) is 6.21. The molecule has 3 N–H and O–H groups in total. The summed E-state index contributed by atoms with van der Waals surface area (Å²) in [6, 6.07) is 5.75. The molecule has 1 aromatic rings. The molecule has 4 nitrogen and oxygen atoms in total. The fourth-order valence-electron chi connectivity index (χ4n) is 2.77. The van der Waals surface area contributed by atoms with Gasteiger partial charge in [-0.25, -0.2) is 0 Å². The Kier molecular flexibility index (Phi) is 5.82. The minimum absolute atomic E-state index is 0.410. The maximum Gasteiger partial charge on any atom is 0.120 e. The number of thiocarbonyl (C=S) groups is 1. The summed E-state index contributed by atoms with van der Waals surface area (Å²) < 4.78 is 5.27. The van der Waals surface area contributed by atoms with Crippen LogP contribution in [0.5, 0.6) is 5.75 Å². The van der Waals surface area contributed by atoms with E-state index in [1.165, 1.54) is 25.9 Å². The third-order valence-electron chi connectivity index (χ3n) is 3.90. The Morgan fingerprint density at radius 1 is 1.43 bits per heavy atom. The molecule has 1 unspecified atom stereocenters. The summed E-state index contributed by atoms with van der Waals surface area (Å²) >= 11 is 5.11. The van der Waals surface area contributed by atoms with Gasteiger partial charge in [0.25, 0.3) is 0 Å². The van der Waals surface area contributed by atoms with E-state index in [2.05, 4.69) is 17.1 Å². The van der Waals surface area contributed by atoms with E-state index in [-0.39, 0.29) is 0 Å². The van der Waals surface area contributed by atoms with Gasteiger partial charge in [0.2, 0.25) is 0 Å². The van der Waals surface area contributed by atoms with Crippen LogP contribution in [0.25, 0.3) is 0 Å². The number of nitrogens with zero attached hydrogens (tertiary/aromatic N) is 1. The molecule has 1 aliphatic heterocycles. The smallest absolute Gasteiger partial charge is 0.120 e. The van der Waals surface area contributed by atoms with Crippen molar-refractivity contribution in [2.45, 2.75) is 19.8 Å². The number of nitrogens with one attached hydrogen (secondary N) is 1. The van der Waals surface area contributed by atoms with Gasteiger partial charge in [-0.1, -0.05) is 19.1 Å². The molecular formula is C16H25N3OS. The minimum atomic E-state index is 0.410. The number of benzene rings is 1. The summed E-state index contributed by atoms with van der Waals surface area (Å²) in [7, 11) is 1.66. The number of rotatable bonds is 7. The average Bonchev–Trinajstić information content (AvgIpc) is 2.97. The first-order valence-corrected chi connectivity index (χ1v) is 7.95. The molecule has 5 heteroatoms. The molecule has 0 spiro atoms. The van der Waals surface area contributed by atoms with Gasteiger partial charge in [0.15, 0.2) is 0 Å². The van der Waals surface area contributed by atoms with Gasteiger partial charge in [-0.15, -0.1) is 0 Å². The number of hydrogen-bond donors (Lipinski definition) is 2. The summed E-state index contributed by atoms with van der Waals surface area (Å²) in [5.41, 5.74) is 7.61. The number of hydrogen-bond acceptors (Lipinski definition) is 4. The van der Waals surface area contributed by atoms with Crippen LogP contribution >= 0.6 is 12.2 Å². The highest BCUT2D eigenvalue weighted by Gasteiger charge is 2.15. The van der Waals surface area contributed by atoms with Crippen LogP contribution in [0.1, 0.15) is 25.3 Å². The molecule has 1 atom stereocenters. The highest BCUT2D eigenvalue weighted by molar-refractivity contribution is 7.80. The van der Waals surface area contributed by atoms with Gasteiger partial charge in [-0.2, -0.15) is 0 Å². The molecule has 0 saturated carbocycles. The van der Waals surface area contributed by atoms with Gasteiger partial charge in [0, 0.05) is 30.4 Å². The molecule has 1 saturated heterocycles. The topological polar surface area (TPSA) is 50.5 Å². The Balaban J connectivity index is 1.95. The van der Waals surface area contributed by atoms with Crippen LogP contribution in [0.3, 0.4) is 0 Å². The second-order valence-electron chi connectivity index (χ2n) is 5.77. The average molecular weight is 307 g/mol. The lowest BCUT2D eigenvalue weighted by atomic mass is 10.1. The predicted octanol–water partition coefficient (Wildman–Crippen LogP) is 2.47. The van der Waals surface area contributed by atoms with E-state index in [9.17, 15) is 0 Å². The van der Waals surface area contributed by atoms with Crippen molar-refractivity contribution < 1.29 is 4.74 Å². The van der Waals surface area contributed by atoms with Crippen LogP contribution in [-0.2, 0) is 0 Å². The van der Waals surface area contributed by atoms with Crippen molar-refractivity contribution in [1.82, 2.24) is 4.90 Å². The third-order valence-corrected chi connectivity index (χ3v) is 4.12. The van der Waals surface area contributed by atoms with Crippen LogP contribution in [0, 0.1) is 5.92 Å². The highest BCUT2D eigenvalue weighted by atomic mass is 32.1. The molecule has 21 heavy (non-hydrogen) atoms. The minimum Gasteiger partial charge on any atom is -0.497 e. The number of ether oxygens (including phenoxy) is 1. The summed E-state index contributed by atoms with van der Waals surface area (Å²) in [5, 5.41) is 3.47. The van der Waals surface area contributed by atoms with Crippen molar-refractivity contribution >= 4 is 22.9 Å². The van der Waals surface area contributed by atoms with Crippen molar-refractivity contribution in [1.29, 1.82) is 0 Å². The first-order chi connectivity index (χ1) is 10.1. The molecule has 0 aliphatic carbocycles. The lowest BCUT2D eigenvalue weighted by Gasteiger charge is -2.21. The molecule has 1 aromatic carbocycles. The fourth-order valence-corrected chi connectivity index (χ4v) is 2.94. The van der Waals surface area contributed by atoms with E-state index in [1.807, 2.05) is 18.2 Å². The molecule has 1 heterocycles. The highest BCUT2D eigenvalue weighted by Crippen LogP contribution is 2.23. The van der Waals surface area contributed by atoms with Gasteiger partial charge >= 0.3 is 0 Å². The number of likely N-dealkylation sites (tertiary alicyclic amines) is 1. The van der Waals surface area contributed by atoms with E-state index >= 15 is 0 Å². The van der Waals surface area contributed by atoms with E-state index < -0.39 is 0 Å². The summed E-state index contributed by atoms with van der Waals surface area (Å²) in [5.74, 6) is 1.39. The standard InChI is InChI=1S/C16H25N3OS/c1-12(11-19-7-3-4-8-19)10-18-15-9-13(20-2)5-6-14(15)16(17)21/h5-6,9,12,18H,3-4,7-8,10-11H2,1-2H3,(H2,17,21). The molecule has 0 aromatic heterocycles. The van der Waals surface area contributed by atoms with Crippen molar-refractivity contribution in [3.05, 3.63) is 23.8 Å². The number of methoxy groups -OCH3 is 1.